The van der Waals surface area contributed by atoms with Crippen LogP contribution in [0.4, 0.5) is 10.1 Å². The number of aromatic nitrogens is 1. The predicted molar refractivity (Wildman–Crippen MR) is 123 cm³/mol. The first kappa shape index (κ1) is 23.2. The molecule has 3 aliphatic carbocycles. The number of alkyl halides is 1. The van der Waals surface area contributed by atoms with Gasteiger partial charge in [-0.25, -0.2) is 9.37 Å². The number of pyridine rings is 1. The van der Waals surface area contributed by atoms with Gasteiger partial charge in [-0.15, -0.1) is 0 Å². The van der Waals surface area contributed by atoms with Crippen molar-refractivity contribution in [2.75, 3.05) is 44.8 Å². The van der Waals surface area contributed by atoms with E-state index < -0.39 is 6.17 Å². The van der Waals surface area contributed by atoms with Crippen molar-refractivity contribution in [3.8, 4) is 0 Å². The molecule has 180 valence electrons. The minimum atomic E-state index is -0.729. The lowest BCUT2D eigenvalue weighted by Gasteiger charge is -2.28. The zero-order valence-corrected chi connectivity index (χ0v) is 20.3. The maximum Gasteiger partial charge on any atom is 0.310 e. The van der Waals surface area contributed by atoms with E-state index in [0.29, 0.717) is 43.0 Å². The third kappa shape index (κ3) is 4.68. The average molecular weight is 524 g/mol. The van der Waals surface area contributed by atoms with E-state index in [1.54, 1.807) is 18.3 Å². The van der Waals surface area contributed by atoms with Gasteiger partial charge in [0.2, 0.25) is 5.91 Å². The molecule has 9 heteroatoms. The lowest BCUT2D eigenvalue weighted by Crippen LogP contribution is -2.39. The van der Waals surface area contributed by atoms with Crippen molar-refractivity contribution in [3.05, 3.63) is 22.9 Å². The van der Waals surface area contributed by atoms with Crippen molar-refractivity contribution in [1.29, 1.82) is 0 Å². The van der Waals surface area contributed by atoms with E-state index >= 15 is 0 Å². The molecule has 33 heavy (non-hydrogen) atoms. The number of amides is 1. The first-order chi connectivity index (χ1) is 16.0. The average Bonchev–Trinajstić information content (AvgIpc) is 3.29. The summed E-state index contributed by atoms with van der Waals surface area (Å²) in [4.78, 5) is 32.6. The van der Waals surface area contributed by atoms with Crippen LogP contribution in [0.15, 0.2) is 22.9 Å². The van der Waals surface area contributed by atoms with Gasteiger partial charge in [-0.05, 0) is 77.4 Å². The number of ether oxygens (including phenoxy) is 2. The second-order valence-electron chi connectivity index (χ2n) is 9.90. The summed E-state index contributed by atoms with van der Waals surface area (Å²) in [6, 6.07) is 3.58. The molecule has 7 nitrogen and oxygen atoms in total. The molecule has 0 unspecified atom stereocenters. The van der Waals surface area contributed by atoms with E-state index in [1.165, 1.54) is 0 Å². The summed E-state index contributed by atoms with van der Waals surface area (Å²) >= 11 is 3.30. The van der Waals surface area contributed by atoms with Gasteiger partial charge in [-0.2, -0.15) is 0 Å². The smallest absolute Gasteiger partial charge is 0.310 e. The van der Waals surface area contributed by atoms with Crippen LogP contribution in [0.1, 0.15) is 32.1 Å². The van der Waals surface area contributed by atoms with Gasteiger partial charge in [-0.3, -0.25) is 14.5 Å². The van der Waals surface area contributed by atoms with Crippen LogP contribution < -0.4 is 5.32 Å². The second kappa shape index (κ2) is 9.58. The summed E-state index contributed by atoms with van der Waals surface area (Å²) in [6.07, 6.45) is 5.69. The summed E-state index contributed by atoms with van der Waals surface area (Å²) in [5.41, 5.74) is 0.790. The number of esters is 1. The summed E-state index contributed by atoms with van der Waals surface area (Å²) in [7, 11) is 0. The fourth-order valence-electron chi connectivity index (χ4n) is 6.58. The molecular formula is C24H31BrFN3O4. The topological polar surface area (TPSA) is 80.8 Å². The van der Waals surface area contributed by atoms with E-state index in [-0.39, 0.29) is 47.6 Å². The normalized spacial score (nSPS) is 31.8. The number of halogens is 2. The Bertz CT molecular complexity index is 881. The number of likely N-dealkylation sites (tertiary alicyclic amines) is 1. The highest BCUT2D eigenvalue weighted by atomic mass is 79.9. The Morgan fingerprint density at radius 3 is 2.61 bits per heavy atom. The summed E-state index contributed by atoms with van der Waals surface area (Å²) in [5, 5.41) is 2.97. The third-order valence-electron chi connectivity index (χ3n) is 8.16. The number of anilines is 1. The molecule has 2 bridgehead atoms. The Labute approximate surface area is 201 Å². The van der Waals surface area contributed by atoms with Gasteiger partial charge >= 0.3 is 5.97 Å². The molecule has 5 atom stereocenters. The van der Waals surface area contributed by atoms with Gasteiger partial charge in [-0.1, -0.05) is 0 Å². The van der Waals surface area contributed by atoms with Crippen molar-refractivity contribution in [2.24, 2.45) is 29.1 Å². The highest BCUT2D eigenvalue weighted by Crippen LogP contribution is 2.74. The van der Waals surface area contributed by atoms with E-state index in [1.807, 2.05) is 4.90 Å². The molecule has 1 N–H and O–H groups in total. The number of nitrogens with one attached hydrogen (secondary N) is 1. The third-order valence-corrected chi connectivity index (χ3v) is 8.62. The molecule has 2 heterocycles. The molecule has 0 aromatic carbocycles. The zero-order chi connectivity index (χ0) is 23.0. The van der Waals surface area contributed by atoms with Gasteiger partial charge in [0.25, 0.3) is 0 Å². The van der Waals surface area contributed by atoms with Crippen LogP contribution in [0.3, 0.4) is 0 Å². The summed E-state index contributed by atoms with van der Waals surface area (Å²) in [6.45, 7) is 2.92. The Balaban J connectivity index is 1.14. The molecule has 1 aliphatic heterocycles. The van der Waals surface area contributed by atoms with Crippen LogP contribution in [0.2, 0.25) is 0 Å². The van der Waals surface area contributed by atoms with Crippen LogP contribution in [0.25, 0.3) is 0 Å². The number of hydrogen-bond donors (Lipinski definition) is 1. The quantitative estimate of drug-likeness (QED) is 0.303. The minimum Gasteiger partial charge on any atom is -0.463 e. The largest absolute Gasteiger partial charge is 0.463 e. The second-order valence-corrected chi connectivity index (χ2v) is 10.7. The van der Waals surface area contributed by atoms with Gasteiger partial charge in [0, 0.05) is 19.6 Å². The van der Waals surface area contributed by atoms with Crippen LogP contribution in [-0.4, -0.2) is 67.4 Å². The van der Waals surface area contributed by atoms with Crippen LogP contribution in [0, 0.1) is 29.1 Å². The van der Waals surface area contributed by atoms with E-state index in [4.69, 9.17) is 9.47 Å². The van der Waals surface area contributed by atoms with Crippen LogP contribution in [-0.2, 0) is 19.1 Å². The molecule has 0 radical (unpaired) electrons. The monoisotopic (exact) mass is 523 g/mol. The highest BCUT2D eigenvalue weighted by Gasteiger charge is 2.72. The van der Waals surface area contributed by atoms with E-state index in [2.05, 4.69) is 26.2 Å². The molecule has 1 saturated heterocycles. The Morgan fingerprint density at radius 1 is 1.15 bits per heavy atom. The van der Waals surface area contributed by atoms with Crippen molar-refractivity contribution in [1.82, 2.24) is 9.88 Å². The minimum absolute atomic E-state index is 0.104. The van der Waals surface area contributed by atoms with Gasteiger partial charge < -0.3 is 14.8 Å². The van der Waals surface area contributed by atoms with Gasteiger partial charge in [0.1, 0.15) is 17.4 Å². The van der Waals surface area contributed by atoms with Gasteiger partial charge in [0.15, 0.2) is 0 Å². The van der Waals surface area contributed by atoms with Crippen LogP contribution in [0.5, 0.6) is 0 Å². The lowest BCUT2D eigenvalue weighted by molar-refractivity contribution is -0.156. The Morgan fingerprint density at radius 2 is 1.94 bits per heavy atom. The first-order valence-corrected chi connectivity index (χ1v) is 12.8. The fourth-order valence-corrected chi connectivity index (χ4v) is 6.82. The number of hydrogen-bond acceptors (Lipinski definition) is 6. The SMILES string of the molecule is O=C(OCCOCCN1CC[C@H](F)C1)[C@H]1[C@H](C(=O)Nc2ccc(Br)nc2)[C@@H]2CC[C@H]1C21CC1. The van der Waals surface area contributed by atoms with Crippen molar-refractivity contribution < 1.29 is 23.5 Å². The fraction of sp³-hybridized carbons (Fsp3) is 0.708. The summed E-state index contributed by atoms with van der Waals surface area (Å²) < 4.78 is 25.1. The van der Waals surface area contributed by atoms with E-state index in [9.17, 15) is 14.0 Å². The molecule has 5 rings (SSSR count). The maximum absolute atomic E-state index is 13.3. The van der Waals surface area contributed by atoms with Crippen molar-refractivity contribution >= 4 is 33.5 Å². The number of carbonyl (C=O) groups excluding carboxylic acids is 2. The lowest BCUT2D eigenvalue weighted by atomic mass is 9.78. The number of rotatable bonds is 9. The molecule has 1 spiro atoms. The van der Waals surface area contributed by atoms with Crippen molar-refractivity contribution in [3.63, 3.8) is 0 Å². The Hall–Kier alpha value is -1.58. The number of carbonyl (C=O) groups is 2. The molecule has 4 aliphatic rings. The van der Waals surface area contributed by atoms with E-state index in [0.717, 1.165) is 32.2 Å². The van der Waals surface area contributed by atoms with Gasteiger partial charge in [0.05, 0.1) is 36.9 Å². The maximum atomic E-state index is 13.3. The summed E-state index contributed by atoms with van der Waals surface area (Å²) in [5.74, 6) is -0.635. The molecule has 1 aromatic heterocycles. The highest BCUT2D eigenvalue weighted by molar-refractivity contribution is 9.10. The number of nitrogens with zero attached hydrogens (tertiary/aromatic N) is 2. The molecule has 3 saturated carbocycles. The predicted octanol–water partition coefficient (Wildman–Crippen LogP) is 3.44. The standard InChI is InChI=1S/C24H31BrFN3O4/c25-19-4-1-16(13-27-19)28-22(30)20-17-2-3-18(24(17)6-7-24)21(20)23(31)33-12-11-32-10-9-29-8-5-15(26)14-29/h1,4,13,15,17-18,20-21H,2-3,5-12,14H2,(H,28,30)/t15-,17-,18+,20+,21+/m0/s1. The molecular weight excluding hydrogens is 493 g/mol. The molecule has 1 amide bonds. The zero-order valence-electron chi connectivity index (χ0n) is 18.7. The Kier molecular flexibility index (Phi) is 6.73. The first-order valence-electron chi connectivity index (χ1n) is 12.0. The molecule has 1 aromatic rings. The van der Waals surface area contributed by atoms with Crippen LogP contribution >= 0.6 is 15.9 Å². The van der Waals surface area contributed by atoms with Crippen molar-refractivity contribution in [2.45, 2.75) is 38.3 Å². The molecule has 4 fully saturated rings.